The SMILES string of the molecule is O=C(Oc1ccccn1)c1cccs1. The molecule has 0 fully saturated rings. The number of aromatic nitrogens is 1. The number of esters is 1. The van der Waals surface area contributed by atoms with E-state index < -0.39 is 0 Å². The highest BCUT2D eigenvalue weighted by Gasteiger charge is 2.08. The van der Waals surface area contributed by atoms with Crippen LogP contribution in [0.5, 0.6) is 5.88 Å². The molecule has 2 aromatic heterocycles. The maximum absolute atomic E-state index is 11.4. The van der Waals surface area contributed by atoms with Crippen molar-refractivity contribution in [1.82, 2.24) is 4.98 Å². The Kier molecular flexibility index (Phi) is 2.55. The number of rotatable bonds is 2. The van der Waals surface area contributed by atoms with Gasteiger partial charge in [0, 0.05) is 12.3 Å². The molecule has 2 rings (SSSR count). The number of hydrogen-bond acceptors (Lipinski definition) is 4. The van der Waals surface area contributed by atoms with Gasteiger partial charge in [-0.15, -0.1) is 11.3 Å². The summed E-state index contributed by atoms with van der Waals surface area (Å²) in [5, 5.41) is 1.83. The van der Waals surface area contributed by atoms with Crippen LogP contribution in [0.15, 0.2) is 41.9 Å². The molecular formula is C10H7NO2S. The van der Waals surface area contributed by atoms with E-state index in [2.05, 4.69) is 4.98 Å². The highest BCUT2D eigenvalue weighted by molar-refractivity contribution is 7.12. The predicted octanol–water partition coefficient (Wildman–Crippen LogP) is 2.36. The molecule has 0 amide bonds. The quantitative estimate of drug-likeness (QED) is 0.706. The van der Waals surface area contributed by atoms with E-state index in [1.807, 2.05) is 5.38 Å². The van der Waals surface area contributed by atoms with Gasteiger partial charge in [0.25, 0.3) is 0 Å². The summed E-state index contributed by atoms with van der Waals surface area (Å²) < 4.78 is 5.02. The normalized spacial score (nSPS) is 9.71. The molecule has 2 heterocycles. The van der Waals surface area contributed by atoms with E-state index in [0.29, 0.717) is 10.8 Å². The van der Waals surface area contributed by atoms with Gasteiger partial charge in [0.15, 0.2) is 0 Å². The molecule has 0 bridgehead atoms. The van der Waals surface area contributed by atoms with E-state index in [4.69, 9.17) is 4.74 Å². The third kappa shape index (κ3) is 1.97. The number of hydrogen-bond donors (Lipinski definition) is 0. The summed E-state index contributed by atoms with van der Waals surface area (Å²) in [6.45, 7) is 0. The molecule has 0 spiro atoms. The lowest BCUT2D eigenvalue weighted by atomic mass is 10.4. The highest BCUT2D eigenvalue weighted by atomic mass is 32.1. The van der Waals surface area contributed by atoms with E-state index in [1.165, 1.54) is 11.3 Å². The van der Waals surface area contributed by atoms with Crippen molar-refractivity contribution in [2.24, 2.45) is 0 Å². The topological polar surface area (TPSA) is 39.2 Å². The summed E-state index contributed by atoms with van der Waals surface area (Å²) in [7, 11) is 0. The molecule has 0 unspecified atom stereocenters. The molecule has 0 radical (unpaired) electrons. The number of ether oxygens (including phenoxy) is 1. The lowest BCUT2D eigenvalue weighted by Gasteiger charge is -1.99. The van der Waals surface area contributed by atoms with Gasteiger partial charge in [-0.25, -0.2) is 9.78 Å². The fourth-order valence-electron chi connectivity index (χ4n) is 0.947. The standard InChI is InChI=1S/C10H7NO2S/c12-10(8-4-3-7-14-8)13-9-5-1-2-6-11-9/h1-7H. The number of carbonyl (C=O) groups is 1. The summed E-state index contributed by atoms with van der Waals surface area (Å²) in [5.41, 5.74) is 0. The van der Waals surface area contributed by atoms with Crippen LogP contribution in [0.3, 0.4) is 0 Å². The highest BCUT2D eigenvalue weighted by Crippen LogP contribution is 2.12. The molecule has 3 nitrogen and oxygen atoms in total. The van der Waals surface area contributed by atoms with Crippen LogP contribution in [0.4, 0.5) is 0 Å². The molecule has 0 aliphatic carbocycles. The number of thiophene rings is 1. The van der Waals surface area contributed by atoms with Crippen LogP contribution in [-0.4, -0.2) is 11.0 Å². The van der Waals surface area contributed by atoms with Crippen molar-refractivity contribution in [3.63, 3.8) is 0 Å². The first kappa shape index (κ1) is 8.90. The van der Waals surface area contributed by atoms with Crippen LogP contribution in [0, 0.1) is 0 Å². The van der Waals surface area contributed by atoms with Gasteiger partial charge in [-0.2, -0.15) is 0 Å². The smallest absolute Gasteiger partial charge is 0.355 e. The molecule has 0 saturated carbocycles. The third-order valence-corrected chi connectivity index (χ3v) is 2.41. The molecule has 0 aromatic carbocycles. The second-order valence-electron chi connectivity index (χ2n) is 2.53. The van der Waals surface area contributed by atoms with Crippen LogP contribution >= 0.6 is 11.3 Å². The van der Waals surface area contributed by atoms with Gasteiger partial charge in [-0.05, 0) is 17.5 Å². The molecule has 0 atom stereocenters. The van der Waals surface area contributed by atoms with Crippen LogP contribution in [0.1, 0.15) is 9.67 Å². The largest absolute Gasteiger partial charge is 0.403 e. The lowest BCUT2D eigenvalue weighted by Crippen LogP contribution is -2.06. The summed E-state index contributed by atoms with van der Waals surface area (Å²) in [4.78, 5) is 15.9. The average Bonchev–Trinajstić information content (AvgIpc) is 2.72. The first-order chi connectivity index (χ1) is 6.86. The number of carbonyl (C=O) groups excluding carboxylic acids is 1. The number of pyridine rings is 1. The van der Waals surface area contributed by atoms with Crippen molar-refractivity contribution < 1.29 is 9.53 Å². The Labute approximate surface area is 85.0 Å². The van der Waals surface area contributed by atoms with Crippen LogP contribution < -0.4 is 4.74 Å². The van der Waals surface area contributed by atoms with Crippen molar-refractivity contribution in [2.75, 3.05) is 0 Å². The van der Waals surface area contributed by atoms with Gasteiger partial charge in [0.2, 0.25) is 5.88 Å². The van der Waals surface area contributed by atoms with E-state index in [-0.39, 0.29) is 5.97 Å². The van der Waals surface area contributed by atoms with Crippen molar-refractivity contribution >= 4 is 17.3 Å². The summed E-state index contributed by atoms with van der Waals surface area (Å²) >= 11 is 1.35. The Bertz CT molecular complexity index is 411. The van der Waals surface area contributed by atoms with Crippen LogP contribution in [0.2, 0.25) is 0 Å². The molecule has 0 aliphatic heterocycles. The molecule has 4 heteroatoms. The molecule has 14 heavy (non-hydrogen) atoms. The van der Waals surface area contributed by atoms with Crippen molar-refractivity contribution in [3.05, 3.63) is 46.8 Å². The first-order valence-corrected chi connectivity index (χ1v) is 4.91. The monoisotopic (exact) mass is 205 g/mol. The van der Waals surface area contributed by atoms with Gasteiger partial charge in [-0.3, -0.25) is 0 Å². The van der Waals surface area contributed by atoms with Gasteiger partial charge >= 0.3 is 5.97 Å². The van der Waals surface area contributed by atoms with Gasteiger partial charge in [0.05, 0.1) is 0 Å². The fourth-order valence-corrected chi connectivity index (χ4v) is 1.55. The van der Waals surface area contributed by atoms with Crippen LogP contribution in [0.25, 0.3) is 0 Å². The second kappa shape index (κ2) is 4.02. The molecule has 70 valence electrons. The van der Waals surface area contributed by atoms with E-state index in [1.54, 1.807) is 36.5 Å². The fraction of sp³-hybridized carbons (Fsp3) is 0. The number of nitrogens with zero attached hydrogens (tertiary/aromatic N) is 1. The molecule has 0 saturated heterocycles. The zero-order chi connectivity index (χ0) is 9.80. The zero-order valence-corrected chi connectivity index (χ0v) is 8.03. The Morgan fingerprint density at radius 2 is 2.21 bits per heavy atom. The summed E-state index contributed by atoms with van der Waals surface area (Å²) in [6, 6.07) is 8.70. The first-order valence-electron chi connectivity index (χ1n) is 4.03. The van der Waals surface area contributed by atoms with Crippen LogP contribution in [-0.2, 0) is 0 Å². The van der Waals surface area contributed by atoms with Gasteiger partial charge in [0.1, 0.15) is 4.88 Å². The van der Waals surface area contributed by atoms with E-state index >= 15 is 0 Å². The Hall–Kier alpha value is -1.68. The Morgan fingerprint density at radius 1 is 1.29 bits per heavy atom. The summed E-state index contributed by atoms with van der Waals surface area (Å²) in [6.07, 6.45) is 1.58. The Morgan fingerprint density at radius 3 is 2.86 bits per heavy atom. The van der Waals surface area contributed by atoms with Gasteiger partial charge < -0.3 is 4.74 Å². The van der Waals surface area contributed by atoms with E-state index in [9.17, 15) is 4.79 Å². The van der Waals surface area contributed by atoms with Gasteiger partial charge in [-0.1, -0.05) is 12.1 Å². The van der Waals surface area contributed by atoms with Crippen molar-refractivity contribution in [3.8, 4) is 5.88 Å². The minimum atomic E-state index is -0.362. The third-order valence-electron chi connectivity index (χ3n) is 1.56. The minimum absolute atomic E-state index is 0.325. The molecular weight excluding hydrogens is 198 g/mol. The van der Waals surface area contributed by atoms with Crippen molar-refractivity contribution in [2.45, 2.75) is 0 Å². The maximum Gasteiger partial charge on any atom is 0.355 e. The lowest BCUT2D eigenvalue weighted by molar-refractivity contribution is 0.0732. The molecule has 0 aliphatic rings. The maximum atomic E-state index is 11.4. The van der Waals surface area contributed by atoms with Crippen molar-refractivity contribution in [1.29, 1.82) is 0 Å². The van der Waals surface area contributed by atoms with E-state index in [0.717, 1.165) is 0 Å². The minimum Gasteiger partial charge on any atom is -0.403 e. The second-order valence-corrected chi connectivity index (χ2v) is 3.48. The summed E-state index contributed by atoms with van der Waals surface area (Å²) in [5.74, 6) is -0.0374. The predicted molar refractivity (Wildman–Crippen MR) is 53.5 cm³/mol. The zero-order valence-electron chi connectivity index (χ0n) is 7.21. The molecule has 0 N–H and O–H groups in total. The molecule has 2 aromatic rings. The average molecular weight is 205 g/mol. The Balaban J connectivity index is 2.10.